The van der Waals surface area contributed by atoms with Gasteiger partial charge in [-0.3, -0.25) is 0 Å². The van der Waals surface area contributed by atoms with Gasteiger partial charge in [0.15, 0.2) is 0 Å². The molecule has 0 aromatic heterocycles. The summed E-state index contributed by atoms with van der Waals surface area (Å²) in [6, 6.07) is 4.74. The maximum Gasteiger partial charge on any atom is -0.0225 e. The van der Waals surface area contributed by atoms with E-state index in [0.29, 0.717) is 0 Å². The first-order chi connectivity index (χ1) is 7.67. The molecule has 0 aliphatic rings. The molecule has 0 bridgehead atoms. The summed E-state index contributed by atoms with van der Waals surface area (Å²) < 4.78 is 0. The van der Waals surface area contributed by atoms with Crippen molar-refractivity contribution in [2.45, 2.75) is 53.9 Å². The molecule has 0 atom stereocenters. The van der Waals surface area contributed by atoms with Gasteiger partial charge in [0.1, 0.15) is 0 Å². The number of benzene rings is 1. The minimum Gasteiger partial charge on any atom is -0.0841 e. The van der Waals surface area contributed by atoms with E-state index in [1.54, 1.807) is 5.56 Å². The van der Waals surface area contributed by atoms with Crippen LogP contribution < -0.4 is 0 Å². The van der Waals surface area contributed by atoms with Gasteiger partial charge in [0.25, 0.3) is 0 Å². The van der Waals surface area contributed by atoms with Gasteiger partial charge in [-0.2, -0.15) is 0 Å². The average molecular weight is 216 g/mol. The lowest BCUT2D eigenvalue weighted by atomic mass is 9.91. The maximum absolute atomic E-state index is 2.37. The lowest BCUT2D eigenvalue weighted by molar-refractivity contribution is 0.979. The normalized spacial score (nSPS) is 11.9. The molecule has 0 spiro atoms. The second-order valence-electron chi connectivity index (χ2n) is 4.31. The van der Waals surface area contributed by atoms with Crippen molar-refractivity contribution < 1.29 is 0 Å². The molecular formula is C16H24. The molecule has 0 unspecified atom stereocenters. The zero-order valence-corrected chi connectivity index (χ0v) is 11.4. The quantitative estimate of drug-likeness (QED) is 0.678. The summed E-state index contributed by atoms with van der Waals surface area (Å²) in [5, 5.41) is 0. The van der Waals surface area contributed by atoms with E-state index in [-0.39, 0.29) is 0 Å². The SMILES string of the molecule is C/C=C(/C)c1cc(CC)c(CC)c(CC)c1. The van der Waals surface area contributed by atoms with Gasteiger partial charge >= 0.3 is 0 Å². The average Bonchev–Trinajstić information content (AvgIpc) is 2.35. The van der Waals surface area contributed by atoms with Gasteiger partial charge < -0.3 is 0 Å². The molecule has 0 nitrogen and oxygen atoms in total. The van der Waals surface area contributed by atoms with Crippen LogP contribution in [0.4, 0.5) is 0 Å². The lowest BCUT2D eigenvalue weighted by Crippen LogP contribution is -1.99. The van der Waals surface area contributed by atoms with Gasteiger partial charge in [0, 0.05) is 0 Å². The highest BCUT2D eigenvalue weighted by Crippen LogP contribution is 2.24. The number of hydrogen-bond acceptors (Lipinski definition) is 0. The zero-order valence-electron chi connectivity index (χ0n) is 11.4. The van der Waals surface area contributed by atoms with Crippen molar-refractivity contribution >= 4 is 5.57 Å². The van der Waals surface area contributed by atoms with Crippen molar-refractivity contribution in [1.29, 1.82) is 0 Å². The number of aryl methyl sites for hydroxylation is 2. The Morgan fingerprint density at radius 1 is 1.00 bits per heavy atom. The molecule has 0 amide bonds. The molecule has 88 valence electrons. The zero-order chi connectivity index (χ0) is 12.1. The van der Waals surface area contributed by atoms with Crippen molar-refractivity contribution in [2.24, 2.45) is 0 Å². The van der Waals surface area contributed by atoms with Gasteiger partial charge in [-0.05, 0) is 60.9 Å². The second-order valence-corrected chi connectivity index (χ2v) is 4.31. The Hall–Kier alpha value is -1.04. The molecule has 0 fully saturated rings. The topological polar surface area (TPSA) is 0 Å². The summed E-state index contributed by atoms with van der Waals surface area (Å²) >= 11 is 0. The van der Waals surface area contributed by atoms with E-state index in [4.69, 9.17) is 0 Å². The van der Waals surface area contributed by atoms with Gasteiger partial charge in [0.2, 0.25) is 0 Å². The Kier molecular flexibility index (Phi) is 4.79. The van der Waals surface area contributed by atoms with E-state index in [9.17, 15) is 0 Å². The van der Waals surface area contributed by atoms with Crippen LogP contribution >= 0.6 is 0 Å². The summed E-state index contributed by atoms with van der Waals surface area (Å²) in [4.78, 5) is 0. The summed E-state index contributed by atoms with van der Waals surface area (Å²) in [5.41, 5.74) is 7.40. The van der Waals surface area contributed by atoms with Crippen molar-refractivity contribution in [3.8, 4) is 0 Å². The van der Waals surface area contributed by atoms with Crippen molar-refractivity contribution in [3.05, 3.63) is 40.5 Å². The van der Waals surface area contributed by atoms with Crippen LogP contribution in [0, 0.1) is 0 Å². The Bertz CT molecular complexity index is 358. The van der Waals surface area contributed by atoms with Crippen LogP contribution in [-0.2, 0) is 19.3 Å². The number of hydrogen-bond donors (Lipinski definition) is 0. The van der Waals surface area contributed by atoms with Gasteiger partial charge in [-0.25, -0.2) is 0 Å². The van der Waals surface area contributed by atoms with Gasteiger partial charge in [-0.15, -0.1) is 0 Å². The summed E-state index contributed by atoms with van der Waals surface area (Å²) in [6.45, 7) is 11.1. The fourth-order valence-electron chi connectivity index (χ4n) is 2.28. The van der Waals surface area contributed by atoms with Crippen LogP contribution in [0.15, 0.2) is 18.2 Å². The Morgan fingerprint density at radius 3 is 1.81 bits per heavy atom. The first kappa shape index (κ1) is 13.0. The van der Waals surface area contributed by atoms with E-state index in [2.05, 4.69) is 52.8 Å². The number of rotatable bonds is 4. The second kappa shape index (κ2) is 5.89. The third-order valence-corrected chi connectivity index (χ3v) is 3.44. The van der Waals surface area contributed by atoms with Gasteiger partial charge in [0.05, 0.1) is 0 Å². The predicted octanol–water partition coefficient (Wildman–Crippen LogP) is 4.80. The van der Waals surface area contributed by atoms with E-state index >= 15 is 0 Å². The monoisotopic (exact) mass is 216 g/mol. The molecule has 1 aromatic rings. The minimum atomic E-state index is 1.14. The minimum absolute atomic E-state index is 1.14. The molecule has 0 heteroatoms. The van der Waals surface area contributed by atoms with E-state index < -0.39 is 0 Å². The van der Waals surface area contributed by atoms with E-state index in [1.165, 1.54) is 22.3 Å². The molecule has 0 aliphatic heterocycles. The van der Waals surface area contributed by atoms with Crippen molar-refractivity contribution in [3.63, 3.8) is 0 Å². The maximum atomic E-state index is 2.37. The van der Waals surface area contributed by atoms with Crippen LogP contribution in [0.5, 0.6) is 0 Å². The molecule has 0 radical (unpaired) electrons. The molecule has 0 N–H and O–H groups in total. The highest BCUT2D eigenvalue weighted by atomic mass is 14.1. The molecule has 0 saturated heterocycles. The van der Waals surface area contributed by atoms with E-state index in [0.717, 1.165) is 19.3 Å². The lowest BCUT2D eigenvalue weighted by Gasteiger charge is -2.14. The largest absolute Gasteiger partial charge is 0.0841 e. The molecule has 1 aromatic carbocycles. The van der Waals surface area contributed by atoms with Crippen LogP contribution in [-0.4, -0.2) is 0 Å². The molecule has 1 rings (SSSR count). The standard InChI is InChI=1S/C16H24/c1-6-12(5)15-10-13(7-2)16(9-4)14(8-3)11-15/h6,10-11H,7-9H2,1-5H3/b12-6-. The summed E-state index contributed by atoms with van der Waals surface area (Å²) in [6.07, 6.45) is 5.63. The Morgan fingerprint density at radius 2 is 1.50 bits per heavy atom. The number of allylic oxidation sites excluding steroid dienone is 2. The molecule has 0 aliphatic carbocycles. The van der Waals surface area contributed by atoms with Gasteiger partial charge in [-0.1, -0.05) is 39.0 Å². The van der Waals surface area contributed by atoms with Crippen LogP contribution in [0.2, 0.25) is 0 Å². The highest BCUT2D eigenvalue weighted by Gasteiger charge is 2.07. The molecule has 0 saturated carbocycles. The fraction of sp³-hybridized carbons (Fsp3) is 0.500. The third kappa shape index (κ3) is 2.55. The molecular weight excluding hydrogens is 192 g/mol. The molecule has 0 heterocycles. The third-order valence-electron chi connectivity index (χ3n) is 3.44. The predicted molar refractivity (Wildman–Crippen MR) is 73.9 cm³/mol. The van der Waals surface area contributed by atoms with Crippen LogP contribution in [0.1, 0.15) is 56.9 Å². The van der Waals surface area contributed by atoms with Crippen LogP contribution in [0.3, 0.4) is 0 Å². The summed E-state index contributed by atoms with van der Waals surface area (Å²) in [5.74, 6) is 0. The Balaban J connectivity index is 3.37. The fourth-order valence-corrected chi connectivity index (χ4v) is 2.28. The molecule has 16 heavy (non-hydrogen) atoms. The van der Waals surface area contributed by atoms with Crippen molar-refractivity contribution in [1.82, 2.24) is 0 Å². The smallest absolute Gasteiger partial charge is 0.0225 e. The first-order valence-electron chi connectivity index (χ1n) is 6.45. The van der Waals surface area contributed by atoms with Crippen molar-refractivity contribution in [2.75, 3.05) is 0 Å². The first-order valence-corrected chi connectivity index (χ1v) is 6.45. The highest BCUT2D eigenvalue weighted by molar-refractivity contribution is 5.65. The summed E-state index contributed by atoms with van der Waals surface area (Å²) in [7, 11) is 0. The van der Waals surface area contributed by atoms with E-state index in [1.807, 2.05) is 0 Å². The Labute approximate surface area is 100 Å². The van der Waals surface area contributed by atoms with Crippen LogP contribution in [0.25, 0.3) is 5.57 Å².